The number of amides is 1. The zero-order chi connectivity index (χ0) is 12.5. The summed E-state index contributed by atoms with van der Waals surface area (Å²) < 4.78 is 0. The van der Waals surface area contributed by atoms with Crippen molar-refractivity contribution in [1.82, 2.24) is 5.32 Å². The molecule has 0 spiro atoms. The minimum atomic E-state index is 0.0104. The quantitative estimate of drug-likeness (QED) is 0.833. The Morgan fingerprint density at radius 1 is 1.41 bits per heavy atom. The highest BCUT2D eigenvalue weighted by molar-refractivity contribution is 5.94. The Hall–Kier alpha value is -1.35. The third-order valence-electron chi connectivity index (χ3n) is 3.68. The predicted octanol–water partition coefficient (Wildman–Crippen LogP) is 1.92. The SMILES string of the molecule is CC1(C)CC1CNC(=O)c1ccc(CN)cc1. The summed E-state index contributed by atoms with van der Waals surface area (Å²) in [5, 5.41) is 2.98. The van der Waals surface area contributed by atoms with Gasteiger partial charge in [-0.2, -0.15) is 0 Å². The molecule has 1 saturated carbocycles. The van der Waals surface area contributed by atoms with Gasteiger partial charge in [-0.05, 0) is 35.4 Å². The van der Waals surface area contributed by atoms with Gasteiger partial charge in [0.15, 0.2) is 0 Å². The summed E-state index contributed by atoms with van der Waals surface area (Å²) in [5.74, 6) is 0.644. The van der Waals surface area contributed by atoms with Gasteiger partial charge in [-0.1, -0.05) is 26.0 Å². The zero-order valence-corrected chi connectivity index (χ0v) is 10.5. The van der Waals surface area contributed by atoms with Crippen LogP contribution in [-0.4, -0.2) is 12.5 Å². The van der Waals surface area contributed by atoms with Crippen molar-refractivity contribution in [2.45, 2.75) is 26.8 Å². The van der Waals surface area contributed by atoms with Crippen molar-refractivity contribution in [2.24, 2.45) is 17.1 Å². The van der Waals surface area contributed by atoms with Crippen LogP contribution < -0.4 is 11.1 Å². The van der Waals surface area contributed by atoms with E-state index in [0.717, 1.165) is 12.1 Å². The first-order valence-corrected chi connectivity index (χ1v) is 6.10. The molecular weight excluding hydrogens is 212 g/mol. The number of rotatable bonds is 4. The van der Waals surface area contributed by atoms with Crippen LogP contribution in [0.25, 0.3) is 0 Å². The maximum Gasteiger partial charge on any atom is 0.251 e. The van der Waals surface area contributed by atoms with Gasteiger partial charge in [0.25, 0.3) is 5.91 Å². The van der Waals surface area contributed by atoms with Gasteiger partial charge in [0.1, 0.15) is 0 Å². The Kier molecular flexibility index (Phi) is 3.20. The molecule has 0 saturated heterocycles. The van der Waals surface area contributed by atoms with Crippen LogP contribution in [-0.2, 0) is 6.54 Å². The average Bonchev–Trinajstić information content (AvgIpc) is 2.94. The number of hydrogen-bond acceptors (Lipinski definition) is 2. The van der Waals surface area contributed by atoms with E-state index in [9.17, 15) is 4.79 Å². The van der Waals surface area contributed by atoms with Gasteiger partial charge in [-0.25, -0.2) is 0 Å². The summed E-state index contributed by atoms with van der Waals surface area (Å²) in [6.45, 7) is 5.77. The van der Waals surface area contributed by atoms with Crippen molar-refractivity contribution in [3.8, 4) is 0 Å². The lowest BCUT2D eigenvalue weighted by Gasteiger charge is -2.07. The van der Waals surface area contributed by atoms with Gasteiger partial charge in [0, 0.05) is 18.7 Å². The highest BCUT2D eigenvalue weighted by atomic mass is 16.1. The van der Waals surface area contributed by atoms with Gasteiger partial charge in [-0.3, -0.25) is 4.79 Å². The highest BCUT2D eigenvalue weighted by Gasteiger charge is 2.45. The second-order valence-electron chi connectivity index (χ2n) is 5.50. The Morgan fingerprint density at radius 3 is 2.47 bits per heavy atom. The first kappa shape index (κ1) is 12.1. The molecule has 0 aliphatic heterocycles. The maximum absolute atomic E-state index is 11.8. The number of carbonyl (C=O) groups excluding carboxylic acids is 1. The van der Waals surface area contributed by atoms with E-state index in [-0.39, 0.29) is 5.91 Å². The van der Waals surface area contributed by atoms with E-state index in [4.69, 9.17) is 5.73 Å². The number of nitrogens with two attached hydrogens (primary N) is 1. The smallest absolute Gasteiger partial charge is 0.251 e. The molecule has 1 aliphatic rings. The summed E-state index contributed by atoms with van der Waals surface area (Å²) in [6, 6.07) is 7.46. The molecule has 1 fully saturated rings. The van der Waals surface area contributed by atoms with Crippen LogP contribution in [0.15, 0.2) is 24.3 Å². The molecular formula is C14H20N2O. The third-order valence-corrected chi connectivity index (χ3v) is 3.68. The van der Waals surface area contributed by atoms with Crippen LogP contribution in [0, 0.1) is 11.3 Å². The van der Waals surface area contributed by atoms with Crippen molar-refractivity contribution in [1.29, 1.82) is 0 Å². The molecule has 1 aliphatic carbocycles. The van der Waals surface area contributed by atoms with Crippen LogP contribution in [0.5, 0.6) is 0 Å². The molecule has 1 atom stereocenters. The van der Waals surface area contributed by atoms with E-state index in [1.54, 1.807) is 0 Å². The lowest BCUT2D eigenvalue weighted by atomic mass is 10.1. The number of nitrogens with one attached hydrogen (secondary N) is 1. The Morgan fingerprint density at radius 2 is 2.00 bits per heavy atom. The molecule has 0 radical (unpaired) electrons. The number of benzene rings is 1. The minimum Gasteiger partial charge on any atom is -0.352 e. The summed E-state index contributed by atoms with van der Waals surface area (Å²) >= 11 is 0. The summed E-state index contributed by atoms with van der Waals surface area (Å²) in [7, 11) is 0. The largest absolute Gasteiger partial charge is 0.352 e. The van der Waals surface area contributed by atoms with Gasteiger partial charge in [0.05, 0.1) is 0 Å². The lowest BCUT2D eigenvalue weighted by molar-refractivity contribution is 0.0950. The van der Waals surface area contributed by atoms with Crippen molar-refractivity contribution in [3.05, 3.63) is 35.4 Å². The molecule has 17 heavy (non-hydrogen) atoms. The van der Waals surface area contributed by atoms with E-state index in [1.807, 2.05) is 24.3 Å². The Labute approximate surface area is 102 Å². The summed E-state index contributed by atoms with van der Waals surface area (Å²) in [5.41, 5.74) is 7.68. The molecule has 1 amide bonds. The molecule has 0 aromatic heterocycles. The normalized spacial score (nSPS) is 21.0. The topological polar surface area (TPSA) is 55.1 Å². The molecule has 3 N–H and O–H groups in total. The Bertz CT molecular complexity index is 409. The van der Waals surface area contributed by atoms with Crippen LogP contribution in [0.2, 0.25) is 0 Å². The first-order valence-electron chi connectivity index (χ1n) is 6.10. The molecule has 1 aromatic carbocycles. The standard InChI is InChI=1S/C14H20N2O/c1-14(2)7-12(14)9-16-13(17)11-5-3-10(8-15)4-6-11/h3-6,12H,7-9,15H2,1-2H3,(H,16,17). The fourth-order valence-electron chi connectivity index (χ4n) is 2.03. The van der Waals surface area contributed by atoms with Gasteiger partial charge in [-0.15, -0.1) is 0 Å². The second-order valence-corrected chi connectivity index (χ2v) is 5.50. The fourth-order valence-corrected chi connectivity index (χ4v) is 2.03. The van der Waals surface area contributed by atoms with Crippen LogP contribution in [0.4, 0.5) is 0 Å². The van der Waals surface area contributed by atoms with Gasteiger partial charge < -0.3 is 11.1 Å². The van der Waals surface area contributed by atoms with Crippen molar-refractivity contribution in [2.75, 3.05) is 6.54 Å². The van der Waals surface area contributed by atoms with Crippen molar-refractivity contribution < 1.29 is 4.79 Å². The molecule has 0 bridgehead atoms. The van der Waals surface area contributed by atoms with E-state index >= 15 is 0 Å². The van der Waals surface area contributed by atoms with Crippen LogP contribution >= 0.6 is 0 Å². The first-order chi connectivity index (χ1) is 8.03. The fraction of sp³-hybridized carbons (Fsp3) is 0.500. The van der Waals surface area contributed by atoms with E-state index in [2.05, 4.69) is 19.2 Å². The Balaban J connectivity index is 1.87. The molecule has 3 nitrogen and oxygen atoms in total. The highest BCUT2D eigenvalue weighted by Crippen LogP contribution is 2.50. The van der Waals surface area contributed by atoms with Crippen LogP contribution in [0.3, 0.4) is 0 Å². The van der Waals surface area contributed by atoms with Gasteiger partial charge in [0.2, 0.25) is 0 Å². The van der Waals surface area contributed by atoms with Crippen LogP contribution in [0.1, 0.15) is 36.2 Å². The zero-order valence-electron chi connectivity index (χ0n) is 10.5. The van der Waals surface area contributed by atoms with E-state index in [0.29, 0.717) is 23.4 Å². The predicted molar refractivity (Wildman–Crippen MR) is 68.6 cm³/mol. The van der Waals surface area contributed by atoms with E-state index in [1.165, 1.54) is 6.42 Å². The molecule has 3 heteroatoms. The molecule has 2 rings (SSSR count). The summed E-state index contributed by atoms with van der Waals surface area (Å²) in [4.78, 5) is 11.8. The third kappa shape index (κ3) is 2.86. The number of hydrogen-bond donors (Lipinski definition) is 2. The minimum absolute atomic E-state index is 0.0104. The summed E-state index contributed by atoms with van der Waals surface area (Å²) in [6.07, 6.45) is 1.21. The molecule has 1 unspecified atom stereocenters. The van der Waals surface area contributed by atoms with Crippen molar-refractivity contribution >= 4 is 5.91 Å². The average molecular weight is 232 g/mol. The number of carbonyl (C=O) groups is 1. The monoisotopic (exact) mass is 232 g/mol. The van der Waals surface area contributed by atoms with Gasteiger partial charge >= 0.3 is 0 Å². The molecule has 92 valence electrons. The molecule has 0 heterocycles. The van der Waals surface area contributed by atoms with E-state index < -0.39 is 0 Å². The maximum atomic E-state index is 11.8. The second kappa shape index (κ2) is 4.49. The molecule has 1 aromatic rings. The van der Waals surface area contributed by atoms with Crippen molar-refractivity contribution in [3.63, 3.8) is 0 Å². The lowest BCUT2D eigenvalue weighted by Crippen LogP contribution is -2.26.